The fourth-order valence-corrected chi connectivity index (χ4v) is 4.70. The predicted molar refractivity (Wildman–Crippen MR) is 133 cm³/mol. The van der Waals surface area contributed by atoms with Crippen molar-refractivity contribution in [2.75, 3.05) is 10.6 Å². The number of nitrogens with zero attached hydrogens (tertiary/aromatic N) is 2. The van der Waals surface area contributed by atoms with Crippen molar-refractivity contribution >= 4 is 45.2 Å². The van der Waals surface area contributed by atoms with E-state index in [2.05, 4.69) is 38.1 Å². The van der Waals surface area contributed by atoms with Gasteiger partial charge < -0.3 is 21.5 Å². The molecular formula is C24H19ClFN7S. The highest BCUT2D eigenvalue weighted by molar-refractivity contribution is 7.09. The molecule has 0 amide bonds. The third-order valence-corrected chi connectivity index (χ3v) is 6.56. The molecule has 1 aliphatic rings. The maximum atomic E-state index is 13.5. The van der Waals surface area contributed by atoms with Crippen LogP contribution >= 0.6 is 22.9 Å². The Kier molecular flexibility index (Phi) is 6.18. The summed E-state index contributed by atoms with van der Waals surface area (Å²) in [5.41, 5.74) is 12.9. The molecule has 1 atom stereocenters. The third-order valence-electron chi connectivity index (χ3n) is 5.40. The molecule has 170 valence electrons. The zero-order valence-electron chi connectivity index (χ0n) is 17.7. The molecule has 0 fully saturated rings. The quantitative estimate of drug-likeness (QED) is 0.243. The van der Waals surface area contributed by atoms with Gasteiger partial charge in [0.15, 0.2) is 0 Å². The van der Waals surface area contributed by atoms with Crippen LogP contribution in [0.1, 0.15) is 22.0 Å². The summed E-state index contributed by atoms with van der Waals surface area (Å²) in [4.78, 5) is 5.56. The molecule has 3 heterocycles. The van der Waals surface area contributed by atoms with E-state index in [1.807, 2.05) is 23.6 Å². The summed E-state index contributed by atoms with van der Waals surface area (Å²) in [6, 6.07) is 15.9. The van der Waals surface area contributed by atoms with Gasteiger partial charge in [-0.05, 0) is 41.3 Å². The van der Waals surface area contributed by atoms with E-state index in [0.717, 1.165) is 27.2 Å². The minimum atomic E-state index is -0.328. The van der Waals surface area contributed by atoms with Crippen LogP contribution in [0.5, 0.6) is 0 Å². The molecular weight excluding hydrogens is 473 g/mol. The van der Waals surface area contributed by atoms with Crippen molar-refractivity contribution in [3.8, 4) is 6.07 Å². The van der Waals surface area contributed by atoms with Crippen LogP contribution < -0.4 is 27.0 Å². The Morgan fingerprint density at radius 2 is 2.06 bits per heavy atom. The fraction of sp³-hybridized carbons (Fsp3) is 0.0833. The molecule has 10 heteroatoms. The molecule has 5 N–H and O–H groups in total. The SMILES string of the molecule is N#Cc1cnc2c(Cl)cc(N[C@H](C3=CNNN3)c3ccc(F)cc3)cc2c1NCc1cccs1. The number of rotatable bonds is 7. The number of nitrogens with one attached hydrogen (secondary N) is 5. The van der Waals surface area contributed by atoms with E-state index in [0.29, 0.717) is 28.3 Å². The summed E-state index contributed by atoms with van der Waals surface area (Å²) < 4.78 is 13.5. The van der Waals surface area contributed by atoms with E-state index < -0.39 is 0 Å². The fourth-order valence-electron chi connectivity index (χ4n) is 3.78. The molecule has 5 rings (SSSR count). The molecule has 34 heavy (non-hydrogen) atoms. The van der Waals surface area contributed by atoms with Gasteiger partial charge in [0.05, 0.1) is 33.5 Å². The van der Waals surface area contributed by atoms with Crippen LogP contribution in [0, 0.1) is 17.1 Å². The van der Waals surface area contributed by atoms with Gasteiger partial charge in [-0.25, -0.2) is 4.39 Å². The van der Waals surface area contributed by atoms with Crippen molar-refractivity contribution in [1.82, 2.24) is 21.4 Å². The number of pyridine rings is 1. The minimum Gasteiger partial charge on any atom is -0.378 e. The lowest BCUT2D eigenvalue weighted by Gasteiger charge is -2.22. The van der Waals surface area contributed by atoms with Crippen molar-refractivity contribution < 1.29 is 4.39 Å². The summed E-state index contributed by atoms with van der Waals surface area (Å²) in [7, 11) is 0. The summed E-state index contributed by atoms with van der Waals surface area (Å²) in [5.74, 6) is -0.308. The van der Waals surface area contributed by atoms with E-state index in [-0.39, 0.29) is 11.9 Å². The van der Waals surface area contributed by atoms with Crippen molar-refractivity contribution in [3.63, 3.8) is 0 Å². The molecule has 0 saturated carbocycles. The minimum absolute atomic E-state index is 0.308. The number of nitriles is 1. The predicted octanol–water partition coefficient (Wildman–Crippen LogP) is 5.18. The number of hydrogen-bond acceptors (Lipinski definition) is 8. The van der Waals surface area contributed by atoms with Crippen molar-refractivity contribution in [2.24, 2.45) is 0 Å². The molecule has 4 aromatic rings. The largest absolute Gasteiger partial charge is 0.378 e. The molecule has 0 saturated heterocycles. The Morgan fingerprint density at radius 3 is 2.76 bits per heavy atom. The first kappa shape index (κ1) is 22.0. The van der Waals surface area contributed by atoms with Gasteiger partial charge in [-0.3, -0.25) is 4.98 Å². The Morgan fingerprint density at radius 1 is 1.21 bits per heavy atom. The normalized spacial score (nSPS) is 13.5. The summed E-state index contributed by atoms with van der Waals surface area (Å²) in [6.45, 7) is 0.576. The number of thiophene rings is 1. The van der Waals surface area contributed by atoms with Crippen LogP contribution in [0.3, 0.4) is 0 Å². The number of anilines is 2. The number of hydrogen-bond donors (Lipinski definition) is 5. The standard InChI is InChI=1S/C24H19ClFN7S/c25-20-9-17(31-23(21-13-30-33-32-21)14-3-5-16(26)6-4-14)8-19-22(15(10-27)11-28-24(19)20)29-12-18-2-1-7-34-18/h1-9,11,13,23,30-33H,12H2,(H,28,29)/t23-/m0/s1. The van der Waals surface area contributed by atoms with Gasteiger partial charge in [0.25, 0.3) is 0 Å². The monoisotopic (exact) mass is 491 g/mol. The lowest BCUT2D eigenvalue weighted by molar-refractivity contribution is 0.582. The van der Waals surface area contributed by atoms with Crippen LogP contribution in [-0.4, -0.2) is 4.98 Å². The Balaban J connectivity index is 1.55. The molecule has 0 unspecified atom stereocenters. The van der Waals surface area contributed by atoms with Gasteiger partial charge in [0.1, 0.15) is 11.9 Å². The van der Waals surface area contributed by atoms with Crippen molar-refractivity contribution in [1.29, 1.82) is 5.26 Å². The van der Waals surface area contributed by atoms with Crippen LogP contribution in [-0.2, 0) is 6.54 Å². The maximum absolute atomic E-state index is 13.5. The molecule has 7 nitrogen and oxygen atoms in total. The lowest BCUT2D eigenvalue weighted by Crippen LogP contribution is -2.33. The van der Waals surface area contributed by atoms with E-state index in [1.165, 1.54) is 18.3 Å². The van der Waals surface area contributed by atoms with E-state index >= 15 is 0 Å². The average molecular weight is 492 g/mol. The molecule has 1 aliphatic heterocycles. The van der Waals surface area contributed by atoms with Gasteiger partial charge in [0.2, 0.25) is 0 Å². The second-order valence-electron chi connectivity index (χ2n) is 7.57. The third kappa shape index (κ3) is 4.47. The van der Waals surface area contributed by atoms with Gasteiger partial charge >= 0.3 is 0 Å². The first-order valence-corrected chi connectivity index (χ1v) is 11.7. The smallest absolute Gasteiger partial charge is 0.123 e. The second kappa shape index (κ2) is 9.57. The molecule has 0 bridgehead atoms. The lowest BCUT2D eigenvalue weighted by atomic mass is 10.0. The highest BCUT2D eigenvalue weighted by atomic mass is 35.5. The number of halogens is 2. The first-order valence-electron chi connectivity index (χ1n) is 10.4. The Hall–Kier alpha value is -3.84. The Bertz CT molecular complexity index is 1400. The zero-order chi connectivity index (χ0) is 23.5. The first-order chi connectivity index (χ1) is 16.6. The summed E-state index contributed by atoms with van der Waals surface area (Å²) >= 11 is 8.26. The van der Waals surface area contributed by atoms with Crippen molar-refractivity contribution in [2.45, 2.75) is 12.6 Å². The van der Waals surface area contributed by atoms with Gasteiger partial charge in [-0.2, -0.15) is 10.8 Å². The van der Waals surface area contributed by atoms with Gasteiger partial charge in [-0.15, -0.1) is 11.3 Å². The van der Waals surface area contributed by atoms with Crippen molar-refractivity contribution in [3.05, 3.63) is 98.8 Å². The molecule has 0 radical (unpaired) electrons. The topological polar surface area (TPSA) is 96.8 Å². The molecule has 2 aromatic heterocycles. The highest BCUT2D eigenvalue weighted by Crippen LogP contribution is 2.35. The molecule has 0 spiro atoms. The van der Waals surface area contributed by atoms with Crippen LogP contribution in [0.2, 0.25) is 5.02 Å². The molecule has 2 aromatic carbocycles. The summed E-state index contributed by atoms with van der Waals surface area (Å²) in [5, 5.41) is 19.7. The van der Waals surface area contributed by atoms with Crippen LogP contribution in [0.4, 0.5) is 15.8 Å². The maximum Gasteiger partial charge on any atom is 0.123 e. The number of fused-ring (bicyclic) bond motifs is 1. The second-order valence-corrected chi connectivity index (χ2v) is 9.01. The van der Waals surface area contributed by atoms with E-state index in [1.54, 1.807) is 35.7 Å². The zero-order valence-corrected chi connectivity index (χ0v) is 19.3. The summed E-state index contributed by atoms with van der Waals surface area (Å²) in [6.07, 6.45) is 3.32. The average Bonchev–Trinajstić information content (AvgIpc) is 3.56. The van der Waals surface area contributed by atoms with E-state index in [9.17, 15) is 9.65 Å². The van der Waals surface area contributed by atoms with Crippen LogP contribution in [0.25, 0.3) is 10.9 Å². The number of hydrazine groups is 2. The van der Waals surface area contributed by atoms with Gasteiger partial charge in [-0.1, -0.05) is 29.8 Å². The van der Waals surface area contributed by atoms with Gasteiger partial charge in [0, 0.05) is 34.9 Å². The molecule has 0 aliphatic carbocycles. The van der Waals surface area contributed by atoms with Crippen LogP contribution in [0.15, 0.2) is 72.0 Å². The Labute approximate surface area is 204 Å². The van der Waals surface area contributed by atoms with E-state index in [4.69, 9.17) is 11.6 Å². The highest BCUT2D eigenvalue weighted by Gasteiger charge is 2.21. The number of benzene rings is 2. The number of aromatic nitrogens is 1.